The topological polar surface area (TPSA) is 111 Å². The first-order chi connectivity index (χ1) is 16.8. The van der Waals surface area contributed by atoms with E-state index in [-0.39, 0.29) is 42.1 Å². The summed E-state index contributed by atoms with van der Waals surface area (Å²) < 4.78 is 35.2. The molecule has 5 rings (SSSR count). The Bertz CT molecular complexity index is 1430. The number of hydrogen-bond donors (Lipinski definition) is 0. The number of nitriles is 1. The molecule has 35 heavy (non-hydrogen) atoms. The summed E-state index contributed by atoms with van der Waals surface area (Å²) in [6.07, 6.45) is 1.28. The highest BCUT2D eigenvalue weighted by atomic mass is 35.5. The van der Waals surface area contributed by atoms with Crippen LogP contribution in [0, 0.1) is 11.3 Å². The molecule has 12 heteroatoms. The van der Waals surface area contributed by atoms with Crippen LogP contribution in [0.5, 0.6) is 0 Å². The number of rotatable bonds is 5. The summed E-state index contributed by atoms with van der Waals surface area (Å²) in [5, 5.41) is 10.5. The lowest BCUT2D eigenvalue weighted by molar-refractivity contribution is 0.0511. The zero-order chi connectivity index (χ0) is 24.7. The number of piperazine rings is 1. The van der Waals surface area contributed by atoms with Gasteiger partial charge in [-0.1, -0.05) is 17.7 Å². The maximum absolute atomic E-state index is 13.5. The first-order valence-electron chi connectivity index (χ1n) is 11.3. The van der Waals surface area contributed by atoms with Crippen LogP contribution in [-0.2, 0) is 23.0 Å². The van der Waals surface area contributed by atoms with Gasteiger partial charge in [0.05, 0.1) is 18.3 Å². The van der Waals surface area contributed by atoms with Crippen molar-refractivity contribution in [2.24, 2.45) is 0 Å². The number of sulfonamides is 1. The van der Waals surface area contributed by atoms with Crippen molar-refractivity contribution in [3.63, 3.8) is 0 Å². The number of aromatic nitrogens is 1. The van der Waals surface area contributed by atoms with Gasteiger partial charge in [0.15, 0.2) is 0 Å². The summed E-state index contributed by atoms with van der Waals surface area (Å²) in [7, 11) is -1.79. The molecule has 9 nitrogen and oxygen atoms in total. The average molecular weight is 534 g/mol. The molecule has 2 aromatic heterocycles. The summed E-state index contributed by atoms with van der Waals surface area (Å²) in [6.45, 7) is 1.89. The fraction of sp³-hybridized carbons (Fsp3) is 0.435. The number of benzene rings is 1. The van der Waals surface area contributed by atoms with Gasteiger partial charge in [0, 0.05) is 54.8 Å². The number of hydrogen-bond acceptors (Lipinski definition) is 8. The fourth-order valence-electron chi connectivity index (χ4n) is 4.56. The number of likely N-dealkylation sites (N-methyl/N-ethyl adjacent to an activating group) is 1. The molecular formula is C23H24ClN5O4S2. The molecule has 184 valence electrons. The number of oxazole rings is 1. The van der Waals surface area contributed by atoms with Crippen molar-refractivity contribution in [2.45, 2.75) is 36.1 Å². The fourth-order valence-corrected chi connectivity index (χ4v) is 7.86. The van der Waals surface area contributed by atoms with Crippen molar-refractivity contribution in [2.75, 3.05) is 33.2 Å². The molecule has 2 aliphatic rings. The van der Waals surface area contributed by atoms with Crippen molar-refractivity contribution in [3.05, 3.63) is 46.6 Å². The van der Waals surface area contributed by atoms with Crippen molar-refractivity contribution in [1.82, 2.24) is 19.1 Å². The van der Waals surface area contributed by atoms with Gasteiger partial charge in [0.25, 0.3) is 15.9 Å². The molecule has 1 atom stereocenters. The zero-order valence-corrected chi connectivity index (χ0v) is 21.5. The molecule has 0 spiro atoms. The van der Waals surface area contributed by atoms with E-state index in [4.69, 9.17) is 21.3 Å². The molecule has 1 fully saturated rings. The van der Waals surface area contributed by atoms with E-state index in [1.807, 2.05) is 7.05 Å². The Balaban J connectivity index is 1.38. The van der Waals surface area contributed by atoms with Gasteiger partial charge in [-0.3, -0.25) is 9.69 Å². The van der Waals surface area contributed by atoms with E-state index in [1.54, 1.807) is 29.2 Å². The molecule has 0 aliphatic carbocycles. The van der Waals surface area contributed by atoms with Crippen LogP contribution in [0.4, 0.5) is 0 Å². The molecule has 4 heterocycles. The second-order valence-electron chi connectivity index (χ2n) is 8.84. The van der Waals surface area contributed by atoms with E-state index < -0.39 is 16.1 Å². The Morgan fingerprint density at radius 1 is 1.31 bits per heavy atom. The SMILES string of the molecule is CN1CCc2nc(C(=O)N3CCN(S(=O)(=O)c4cc5ccc(Cl)cc5s4)CC3CCC#N)oc2C1. The van der Waals surface area contributed by atoms with Crippen LogP contribution in [0.2, 0.25) is 5.02 Å². The van der Waals surface area contributed by atoms with E-state index in [9.17, 15) is 13.2 Å². The lowest BCUT2D eigenvalue weighted by Gasteiger charge is -2.39. The van der Waals surface area contributed by atoms with Gasteiger partial charge in [-0.15, -0.1) is 11.3 Å². The largest absolute Gasteiger partial charge is 0.436 e. The number of amides is 1. The predicted octanol–water partition coefficient (Wildman–Crippen LogP) is 3.35. The first-order valence-corrected chi connectivity index (χ1v) is 13.9. The van der Waals surface area contributed by atoms with Crippen LogP contribution in [0.25, 0.3) is 10.1 Å². The quantitative estimate of drug-likeness (QED) is 0.494. The summed E-state index contributed by atoms with van der Waals surface area (Å²) >= 11 is 7.24. The van der Waals surface area contributed by atoms with Gasteiger partial charge in [0.2, 0.25) is 0 Å². The van der Waals surface area contributed by atoms with Crippen molar-refractivity contribution in [3.8, 4) is 6.07 Å². The van der Waals surface area contributed by atoms with Crippen LogP contribution in [0.15, 0.2) is 32.9 Å². The van der Waals surface area contributed by atoms with E-state index in [1.165, 1.54) is 15.6 Å². The Kier molecular flexibility index (Phi) is 6.59. The number of fused-ring (bicyclic) bond motifs is 2. The van der Waals surface area contributed by atoms with E-state index in [2.05, 4.69) is 16.0 Å². The van der Waals surface area contributed by atoms with Crippen molar-refractivity contribution >= 4 is 49.0 Å². The number of thiophene rings is 1. The summed E-state index contributed by atoms with van der Waals surface area (Å²) in [4.78, 5) is 21.5. The van der Waals surface area contributed by atoms with Gasteiger partial charge >= 0.3 is 5.91 Å². The molecule has 0 bridgehead atoms. The summed E-state index contributed by atoms with van der Waals surface area (Å²) in [5.41, 5.74) is 0.797. The minimum absolute atomic E-state index is 0.0324. The molecule has 3 aromatic rings. The number of carbonyl (C=O) groups excluding carboxylic acids is 1. The third-order valence-corrected chi connectivity index (χ3v) is 10.1. The van der Waals surface area contributed by atoms with E-state index >= 15 is 0 Å². The van der Waals surface area contributed by atoms with Crippen LogP contribution in [0.1, 0.15) is 35.0 Å². The lowest BCUT2D eigenvalue weighted by Crippen LogP contribution is -2.56. The molecule has 0 saturated carbocycles. The Morgan fingerprint density at radius 2 is 2.14 bits per heavy atom. The highest BCUT2D eigenvalue weighted by molar-refractivity contribution is 7.91. The van der Waals surface area contributed by atoms with Crippen molar-refractivity contribution in [1.29, 1.82) is 5.26 Å². The first kappa shape index (κ1) is 24.2. The van der Waals surface area contributed by atoms with Gasteiger partial charge in [-0.05, 0) is 37.1 Å². The number of halogens is 1. The molecule has 1 amide bonds. The molecule has 1 unspecified atom stereocenters. The number of nitrogens with zero attached hydrogens (tertiary/aromatic N) is 5. The zero-order valence-electron chi connectivity index (χ0n) is 19.1. The average Bonchev–Trinajstić information content (AvgIpc) is 3.46. The maximum Gasteiger partial charge on any atom is 0.310 e. The monoisotopic (exact) mass is 533 g/mol. The van der Waals surface area contributed by atoms with Gasteiger partial charge in [-0.2, -0.15) is 9.57 Å². The Morgan fingerprint density at radius 3 is 2.94 bits per heavy atom. The van der Waals surface area contributed by atoms with Gasteiger partial charge in [0.1, 0.15) is 9.97 Å². The van der Waals surface area contributed by atoms with Crippen LogP contribution >= 0.6 is 22.9 Å². The number of carbonyl (C=O) groups is 1. The molecule has 0 radical (unpaired) electrons. The summed E-state index contributed by atoms with van der Waals surface area (Å²) in [5.74, 6) is 0.366. The molecule has 2 aliphatic heterocycles. The molecule has 1 saturated heterocycles. The molecular weight excluding hydrogens is 510 g/mol. The predicted molar refractivity (Wildman–Crippen MR) is 132 cm³/mol. The third kappa shape index (κ3) is 4.69. The minimum atomic E-state index is -3.77. The third-order valence-electron chi connectivity index (χ3n) is 6.45. The van der Waals surface area contributed by atoms with E-state index in [0.717, 1.165) is 22.3 Å². The Hall–Kier alpha value is -2.49. The Labute approximate surface area is 212 Å². The molecule has 1 aromatic carbocycles. The lowest BCUT2D eigenvalue weighted by atomic mass is 10.1. The summed E-state index contributed by atoms with van der Waals surface area (Å²) in [6, 6.07) is 8.58. The molecule has 0 N–H and O–H groups in total. The normalized spacial score (nSPS) is 19.6. The smallest absolute Gasteiger partial charge is 0.310 e. The highest BCUT2D eigenvalue weighted by Gasteiger charge is 2.38. The highest BCUT2D eigenvalue weighted by Crippen LogP contribution is 2.34. The van der Waals surface area contributed by atoms with E-state index in [0.29, 0.717) is 30.2 Å². The maximum atomic E-state index is 13.5. The van der Waals surface area contributed by atoms with Crippen LogP contribution < -0.4 is 0 Å². The minimum Gasteiger partial charge on any atom is -0.436 e. The van der Waals surface area contributed by atoms with Crippen LogP contribution in [0.3, 0.4) is 0 Å². The van der Waals surface area contributed by atoms with Crippen molar-refractivity contribution < 1.29 is 17.6 Å². The second-order valence-corrected chi connectivity index (χ2v) is 12.5. The second kappa shape index (κ2) is 9.52. The van der Waals surface area contributed by atoms with Crippen LogP contribution in [-0.4, -0.2) is 72.7 Å². The van der Waals surface area contributed by atoms with Gasteiger partial charge < -0.3 is 9.32 Å². The van der Waals surface area contributed by atoms with Gasteiger partial charge in [-0.25, -0.2) is 13.4 Å². The standard InChI is InChI=1S/C23H24ClN5O4S2/c1-27-8-6-18-19(14-27)33-22(26-18)23(30)29-10-9-28(13-17(29)3-2-7-25)35(31,32)21-11-15-4-5-16(24)12-20(15)34-21/h4-5,11-12,17H,2-3,6,8-10,13-14H2,1H3.